The maximum absolute atomic E-state index is 12.2. The van der Waals surface area contributed by atoms with Crippen molar-refractivity contribution in [2.75, 3.05) is 0 Å². The molecule has 0 heterocycles. The summed E-state index contributed by atoms with van der Waals surface area (Å²) in [7, 11) is 0. The summed E-state index contributed by atoms with van der Waals surface area (Å²) in [6, 6.07) is 7.19. The van der Waals surface area contributed by atoms with Crippen LogP contribution in [0.15, 0.2) is 24.3 Å². The Hall–Kier alpha value is -2.68. The van der Waals surface area contributed by atoms with E-state index < -0.39 is 17.9 Å². The third-order valence-corrected chi connectivity index (χ3v) is 3.86. The highest BCUT2D eigenvalue weighted by atomic mass is 16.2. The second-order valence-corrected chi connectivity index (χ2v) is 5.44. The van der Waals surface area contributed by atoms with Crippen molar-refractivity contribution in [2.24, 2.45) is 11.7 Å². The molecule has 1 saturated carbocycles. The lowest BCUT2D eigenvalue weighted by Gasteiger charge is -2.28. The van der Waals surface area contributed by atoms with Gasteiger partial charge in [-0.2, -0.15) is 5.26 Å². The van der Waals surface area contributed by atoms with Crippen LogP contribution in [0.3, 0.4) is 0 Å². The summed E-state index contributed by atoms with van der Waals surface area (Å²) < 4.78 is 0. The van der Waals surface area contributed by atoms with Gasteiger partial charge in [0.2, 0.25) is 5.91 Å². The van der Waals surface area contributed by atoms with Crippen LogP contribution in [-0.2, 0) is 9.59 Å². The van der Waals surface area contributed by atoms with E-state index >= 15 is 0 Å². The lowest BCUT2D eigenvalue weighted by Crippen LogP contribution is -2.50. The molecule has 6 heteroatoms. The van der Waals surface area contributed by atoms with Gasteiger partial charge in [0, 0.05) is 18.4 Å². The van der Waals surface area contributed by atoms with Gasteiger partial charge in [-0.3, -0.25) is 14.4 Å². The Labute approximate surface area is 128 Å². The van der Waals surface area contributed by atoms with Crippen molar-refractivity contribution in [1.29, 1.82) is 5.26 Å². The standard InChI is InChI=1S/C16H17N3O3/c17-9-10-4-6-11(7-5-10)16(22)19-14(15(18)21)12-2-1-3-13(20)8-12/h4-7,12,14H,1-3,8H2,(H2,18,21)(H,19,22)/t12-,14+/m0/s1. The molecule has 0 spiro atoms. The van der Waals surface area contributed by atoms with Gasteiger partial charge < -0.3 is 11.1 Å². The molecule has 0 aliphatic heterocycles. The number of benzene rings is 1. The number of hydrogen-bond donors (Lipinski definition) is 2. The van der Waals surface area contributed by atoms with Gasteiger partial charge in [0.15, 0.2) is 0 Å². The molecule has 2 rings (SSSR count). The quantitative estimate of drug-likeness (QED) is 0.859. The van der Waals surface area contributed by atoms with E-state index in [-0.39, 0.29) is 18.1 Å². The highest BCUT2D eigenvalue weighted by Crippen LogP contribution is 2.24. The summed E-state index contributed by atoms with van der Waals surface area (Å²) in [5.74, 6) is -1.23. The van der Waals surface area contributed by atoms with Crippen LogP contribution in [0.5, 0.6) is 0 Å². The van der Waals surface area contributed by atoms with Crippen LogP contribution in [-0.4, -0.2) is 23.6 Å². The van der Waals surface area contributed by atoms with E-state index in [1.54, 1.807) is 0 Å². The molecule has 1 aromatic rings. The molecule has 2 atom stereocenters. The Morgan fingerprint density at radius 2 is 2.00 bits per heavy atom. The number of amides is 2. The van der Waals surface area contributed by atoms with E-state index in [2.05, 4.69) is 5.32 Å². The number of nitrogens with two attached hydrogens (primary N) is 1. The number of primary amides is 1. The SMILES string of the molecule is N#Cc1ccc(C(=O)N[C@@H](C(N)=O)[C@H]2CCCC(=O)C2)cc1. The summed E-state index contributed by atoms with van der Waals surface area (Å²) in [6.07, 6.45) is 2.18. The summed E-state index contributed by atoms with van der Waals surface area (Å²) in [5.41, 5.74) is 6.16. The van der Waals surface area contributed by atoms with E-state index in [4.69, 9.17) is 11.0 Å². The number of Topliss-reactive ketones (excluding diaryl/α,β-unsaturated/α-hetero) is 1. The van der Waals surface area contributed by atoms with Crippen molar-refractivity contribution in [1.82, 2.24) is 5.32 Å². The average Bonchev–Trinajstić information content (AvgIpc) is 2.52. The smallest absolute Gasteiger partial charge is 0.251 e. The van der Waals surface area contributed by atoms with Crippen molar-refractivity contribution in [3.8, 4) is 6.07 Å². The highest BCUT2D eigenvalue weighted by Gasteiger charge is 2.32. The first kappa shape index (κ1) is 15.7. The number of nitrogens with one attached hydrogen (secondary N) is 1. The lowest BCUT2D eigenvalue weighted by molar-refractivity contribution is -0.124. The van der Waals surface area contributed by atoms with Crippen LogP contribution in [0, 0.1) is 17.2 Å². The minimum atomic E-state index is -0.854. The highest BCUT2D eigenvalue weighted by molar-refractivity contribution is 5.97. The molecule has 6 nitrogen and oxygen atoms in total. The number of nitriles is 1. The van der Waals surface area contributed by atoms with Crippen LogP contribution in [0.2, 0.25) is 0 Å². The third kappa shape index (κ3) is 3.70. The van der Waals surface area contributed by atoms with Gasteiger partial charge >= 0.3 is 0 Å². The lowest BCUT2D eigenvalue weighted by atomic mass is 9.82. The van der Waals surface area contributed by atoms with Gasteiger partial charge in [-0.15, -0.1) is 0 Å². The second kappa shape index (κ2) is 6.85. The van der Waals surface area contributed by atoms with E-state index in [9.17, 15) is 14.4 Å². The Bertz CT molecular complexity index is 631. The second-order valence-electron chi connectivity index (χ2n) is 5.44. The molecule has 0 bridgehead atoms. The minimum Gasteiger partial charge on any atom is -0.368 e. The van der Waals surface area contributed by atoms with Gasteiger partial charge in [0.05, 0.1) is 11.6 Å². The normalized spacial score (nSPS) is 19.0. The summed E-state index contributed by atoms with van der Waals surface area (Å²) in [5, 5.41) is 11.3. The van der Waals surface area contributed by atoms with Crippen molar-refractivity contribution < 1.29 is 14.4 Å². The van der Waals surface area contributed by atoms with Crippen LogP contribution in [0.1, 0.15) is 41.6 Å². The molecular formula is C16H17N3O3. The minimum absolute atomic E-state index is 0.0927. The maximum Gasteiger partial charge on any atom is 0.251 e. The number of hydrogen-bond acceptors (Lipinski definition) is 4. The van der Waals surface area contributed by atoms with Gasteiger partial charge in [0.1, 0.15) is 11.8 Å². The maximum atomic E-state index is 12.2. The van der Waals surface area contributed by atoms with Crippen molar-refractivity contribution in [3.63, 3.8) is 0 Å². The fourth-order valence-corrected chi connectivity index (χ4v) is 2.68. The molecule has 114 valence electrons. The number of carbonyl (C=O) groups excluding carboxylic acids is 3. The number of ketones is 1. The Kier molecular flexibility index (Phi) is 4.89. The molecule has 3 N–H and O–H groups in total. The molecule has 0 aromatic heterocycles. The fourth-order valence-electron chi connectivity index (χ4n) is 2.68. The molecule has 1 aliphatic carbocycles. The first-order valence-corrected chi connectivity index (χ1v) is 7.13. The summed E-state index contributed by atoms with van der Waals surface area (Å²) >= 11 is 0. The predicted molar refractivity (Wildman–Crippen MR) is 78.6 cm³/mol. The first-order chi connectivity index (χ1) is 10.5. The van der Waals surface area contributed by atoms with Crippen LogP contribution >= 0.6 is 0 Å². The Balaban J connectivity index is 2.09. The molecule has 22 heavy (non-hydrogen) atoms. The monoisotopic (exact) mass is 299 g/mol. The molecule has 0 unspecified atom stereocenters. The van der Waals surface area contributed by atoms with Crippen LogP contribution in [0.4, 0.5) is 0 Å². The van der Waals surface area contributed by atoms with Gasteiger partial charge in [-0.05, 0) is 43.0 Å². The average molecular weight is 299 g/mol. The van der Waals surface area contributed by atoms with Gasteiger partial charge in [-0.1, -0.05) is 0 Å². The van der Waals surface area contributed by atoms with Crippen molar-refractivity contribution >= 4 is 17.6 Å². The number of nitrogens with zero attached hydrogens (tertiary/aromatic N) is 1. The summed E-state index contributed by atoms with van der Waals surface area (Å²) in [6.45, 7) is 0. The molecule has 0 radical (unpaired) electrons. The first-order valence-electron chi connectivity index (χ1n) is 7.13. The number of rotatable bonds is 4. The summed E-state index contributed by atoms with van der Waals surface area (Å²) in [4.78, 5) is 35.4. The van der Waals surface area contributed by atoms with Crippen molar-refractivity contribution in [3.05, 3.63) is 35.4 Å². The zero-order chi connectivity index (χ0) is 16.1. The molecule has 1 fully saturated rings. The zero-order valence-corrected chi connectivity index (χ0v) is 12.0. The predicted octanol–water partition coefficient (Wildman–Crippen LogP) is 0.901. The van der Waals surface area contributed by atoms with Crippen LogP contribution in [0.25, 0.3) is 0 Å². The third-order valence-electron chi connectivity index (χ3n) is 3.86. The Morgan fingerprint density at radius 3 is 2.55 bits per heavy atom. The van der Waals surface area contributed by atoms with Gasteiger partial charge in [-0.25, -0.2) is 0 Å². The topological polar surface area (TPSA) is 113 Å². The van der Waals surface area contributed by atoms with E-state index in [1.807, 2.05) is 6.07 Å². The van der Waals surface area contributed by atoms with Gasteiger partial charge in [0.25, 0.3) is 5.91 Å². The molecule has 0 saturated heterocycles. The number of carbonyl (C=O) groups is 3. The van der Waals surface area contributed by atoms with E-state index in [1.165, 1.54) is 24.3 Å². The zero-order valence-electron chi connectivity index (χ0n) is 12.0. The molecule has 2 amide bonds. The van der Waals surface area contributed by atoms with E-state index in [0.29, 0.717) is 30.4 Å². The molecule has 1 aromatic carbocycles. The van der Waals surface area contributed by atoms with Crippen LogP contribution < -0.4 is 11.1 Å². The molecular weight excluding hydrogens is 282 g/mol. The van der Waals surface area contributed by atoms with Crippen molar-refractivity contribution in [2.45, 2.75) is 31.7 Å². The molecule has 1 aliphatic rings. The fraction of sp³-hybridized carbons (Fsp3) is 0.375. The Morgan fingerprint density at radius 1 is 1.32 bits per heavy atom. The largest absolute Gasteiger partial charge is 0.368 e. The van der Waals surface area contributed by atoms with E-state index in [0.717, 1.165) is 0 Å².